The van der Waals surface area contributed by atoms with Crippen LogP contribution in [0.25, 0.3) is 0 Å². The predicted octanol–water partition coefficient (Wildman–Crippen LogP) is 4.33. The fourth-order valence-corrected chi connectivity index (χ4v) is 8.38. The Labute approximate surface area is 217 Å². The van der Waals surface area contributed by atoms with E-state index in [0.29, 0.717) is 24.8 Å². The summed E-state index contributed by atoms with van der Waals surface area (Å²) >= 11 is 6.72. The van der Waals surface area contributed by atoms with Gasteiger partial charge in [0, 0.05) is 29.4 Å². The molecule has 8 atom stereocenters. The molecule has 0 aromatic carbocycles. The van der Waals surface area contributed by atoms with Gasteiger partial charge < -0.3 is 20.4 Å². The Bertz CT molecular complexity index is 680. The number of nitrogens with one attached hydrogen (secondary N) is 2. The number of alkyl halides is 2. The molecule has 35 heavy (non-hydrogen) atoms. The molecule has 2 N–H and O–H groups in total. The van der Waals surface area contributed by atoms with Gasteiger partial charge in [-0.05, 0) is 122 Å². The average Bonchev–Trinajstić information content (AvgIpc) is 3.53. The van der Waals surface area contributed by atoms with Crippen molar-refractivity contribution in [3.63, 3.8) is 0 Å². The van der Waals surface area contributed by atoms with Gasteiger partial charge in [0.2, 0.25) is 5.91 Å². The Morgan fingerprint density at radius 1 is 1.03 bits per heavy atom. The first-order chi connectivity index (χ1) is 17.0. The molecule has 3 aliphatic heterocycles. The second-order valence-corrected chi connectivity index (χ2v) is 13.2. The van der Waals surface area contributed by atoms with E-state index in [9.17, 15) is 9.18 Å². The summed E-state index contributed by atoms with van der Waals surface area (Å²) in [5, 5.41) is 6.93. The Morgan fingerprint density at radius 2 is 1.80 bits per heavy atom. The van der Waals surface area contributed by atoms with Crippen molar-refractivity contribution >= 4 is 17.5 Å². The van der Waals surface area contributed by atoms with E-state index < -0.39 is 6.17 Å². The fourth-order valence-electron chi connectivity index (χ4n) is 7.96. The van der Waals surface area contributed by atoms with Crippen molar-refractivity contribution in [2.45, 2.75) is 120 Å². The summed E-state index contributed by atoms with van der Waals surface area (Å²) in [5.41, 5.74) is 0. The standard InChI is InChI=1S/C28H48ClFN4O/c1-19-6-7-25(30)24-18-26(32-27(19)24)28(35)31-22-15-21(29)16-23(17-22)34-13-8-20(9-14-34)5-4-12-33-10-2-3-11-33/h19-27,32H,2-18H2,1H3,(H,31,35). The maximum absolute atomic E-state index is 14.5. The van der Waals surface area contributed by atoms with E-state index in [0.717, 1.165) is 31.6 Å². The molecule has 0 aromatic heterocycles. The van der Waals surface area contributed by atoms with E-state index in [-0.39, 0.29) is 35.3 Å². The third kappa shape index (κ3) is 6.53. The minimum Gasteiger partial charge on any atom is -0.352 e. The summed E-state index contributed by atoms with van der Waals surface area (Å²) in [7, 11) is 0. The van der Waals surface area contributed by atoms with Crippen LogP contribution < -0.4 is 10.6 Å². The number of hydrogen-bond donors (Lipinski definition) is 2. The van der Waals surface area contributed by atoms with Gasteiger partial charge in [0.05, 0.1) is 6.04 Å². The number of piperidine rings is 1. The molecule has 5 rings (SSSR count). The number of likely N-dealkylation sites (tertiary alicyclic amines) is 2. The maximum Gasteiger partial charge on any atom is 0.237 e. The number of amides is 1. The highest BCUT2D eigenvalue weighted by atomic mass is 35.5. The number of carbonyl (C=O) groups is 1. The van der Waals surface area contributed by atoms with E-state index >= 15 is 0 Å². The largest absolute Gasteiger partial charge is 0.352 e. The Hall–Kier alpha value is -0.430. The normalized spacial score (nSPS) is 41.7. The number of hydrogen-bond acceptors (Lipinski definition) is 4. The molecule has 7 heteroatoms. The fraction of sp³-hybridized carbons (Fsp3) is 0.964. The molecule has 3 saturated heterocycles. The highest BCUT2D eigenvalue weighted by molar-refractivity contribution is 6.20. The predicted molar refractivity (Wildman–Crippen MR) is 141 cm³/mol. The number of halogens is 2. The van der Waals surface area contributed by atoms with Gasteiger partial charge in [-0.25, -0.2) is 4.39 Å². The third-order valence-corrected chi connectivity index (χ3v) is 10.4. The molecule has 5 aliphatic rings. The second-order valence-electron chi connectivity index (χ2n) is 12.5. The van der Waals surface area contributed by atoms with Gasteiger partial charge in [0.1, 0.15) is 6.17 Å². The highest BCUT2D eigenvalue weighted by Crippen LogP contribution is 2.39. The van der Waals surface area contributed by atoms with Crippen LogP contribution in [0, 0.1) is 17.8 Å². The van der Waals surface area contributed by atoms with Crippen molar-refractivity contribution in [1.82, 2.24) is 20.4 Å². The lowest BCUT2D eigenvalue weighted by atomic mass is 9.77. The van der Waals surface area contributed by atoms with Crippen LogP contribution in [0.1, 0.15) is 84.0 Å². The molecule has 5 nitrogen and oxygen atoms in total. The quantitative estimate of drug-likeness (QED) is 0.500. The van der Waals surface area contributed by atoms with Crippen LogP contribution in [0.2, 0.25) is 0 Å². The van der Waals surface area contributed by atoms with Crippen molar-refractivity contribution in [3.8, 4) is 0 Å². The van der Waals surface area contributed by atoms with Crippen LogP contribution in [0.4, 0.5) is 4.39 Å². The summed E-state index contributed by atoms with van der Waals surface area (Å²) in [6, 6.07) is 0.488. The Balaban J connectivity index is 1.06. The van der Waals surface area contributed by atoms with Crippen LogP contribution in [0.3, 0.4) is 0 Å². The summed E-state index contributed by atoms with van der Waals surface area (Å²) in [6.07, 6.45) is 12.4. The molecular formula is C28H48ClFN4O. The lowest BCUT2D eigenvalue weighted by Gasteiger charge is -2.43. The van der Waals surface area contributed by atoms with E-state index in [4.69, 9.17) is 11.6 Å². The maximum atomic E-state index is 14.5. The molecule has 0 radical (unpaired) electrons. The zero-order valence-electron chi connectivity index (χ0n) is 21.8. The van der Waals surface area contributed by atoms with E-state index in [1.54, 1.807) is 0 Å². The summed E-state index contributed by atoms with van der Waals surface area (Å²) < 4.78 is 14.5. The molecule has 2 saturated carbocycles. The number of fused-ring (bicyclic) bond motifs is 1. The first kappa shape index (κ1) is 26.2. The van der Waals surface area contributed by atoms with E-state index in [2.05, 4.69) is 27.4 Å². The molecule has 0 aromatic rings. The van der Waals surface area contributed by atoms with Gasteiger partial charge in [0.15, 0.2) is 0 Å². The Kier molecular flexibility index (Phi) is 8.95. The van der Waals surface area contributed by atoms with Crippen LogP contribution in [0.5, 0.6) is 0 Å². The van der Waals surface area contributed by atoms with Gasteiger partial charge in [-0.1, -0.05) is 6.92 Å². The lowest BCUT2D eigenvalue weighted by molar-refractivity contribution is -0.124. The molecule has 0 bridgehead atoms. The summed E-state index contributed by atoms with van der Waals surface area (Å²) in [4.78, 5) is 18.4. The number of rotatable bonds is 7. The molecule has 8 unspecified atom stereocenters. The van der Waals surface area contributed by atoms with Gasteiger partial charge in [-0.15, -0.1) is 11.6 Å². The zero-order valence-corrected chi connectivity index (χ0v) is 22.5. The SMILES string of the molecule is CC1CCC(F)C2CC(C(=O)NC3CC(Cl)CC(N4CCC(CCCN5CCCC5)CC4)C3)NC12. The number of nitrogens with zero attached hydrogens (tertiary/aromatic N) is 2. The summed E-state index contributed by atoms with van der Waals surface area (Å²) in [5.74, 6) is 1.37. The topological polar surface area (TPSA) is 47.6 Å². The summed E-state index contributed by atoms with van der Waals surface area (Å²) in [6.45, 7) is 8.45. The minimum atomic E-state index is -0.768. The molecule has 5 fully saturated rings. The van der Waals surface area contributed by atoms with Gasteiger partial charge in [0.25, 0.3) is 0 Å². The van der Waals surface area contributed by atoms with Crippen molar-refractivity contribution < 1.29 is 9.18 Å². The van der Waals surface area contributed by atoms with E-state index in [1.165, 1.54) is 71.2 Å². The molecular weight excluding hydrogens is 463 g/mol. The van der Waals surface area contributed by atoms with Crippen molar-refractivity contribution in [3.05, 3.63) is 0 Å². The monoisotopic (exact) mass is 510 g/mol. The first-order valence-electron chi connectivity index (χ1n) is 14.8. The molecule has 0 spiro atoms. The van der Waals surface area contributed by atoms with Crippen LogP contribution in [0.15, 0.2) is 0 Å². The third-order valence-electron chi connectivity index (χ3n) is 10.1. The Morgan fingerprint density at radius 3 is 2.54 bits per heavy atom. The number of carbonyl (C=O) groups excluding carboxylic acids is 1. The molecule has 200 valence electrons. The van der Waals surface area contributed by atoms with Crippen LogP contribution >= 0.6 is 11.6 Å². The average molecular weight is 511 g/mol. The zero-order chi connectivity index (χ0) is 24.4. The van der Waals surface area contributed by atoms with Crippen molar-refractivity contribution in [2.75, 3.05) is 32.7 Å². The van der Waals surface area contributed by atoms with Crippen LogP contribution in [-0.2, 0) is 4.79 Å². The van der Waals surface area contributed by atoms with E-state index in [1.807, 2.05) is 0 Å². The first-order valence-corrected chi connectivity index (χ1v) is 15.2. The smallest absolute Gasteiger partial charge is 0.237 e. The highest BCUT2D eigenvalue weighted by Gasteiger charge is 2.46. The molecule has 3 heterocycles. The lowest BCUT2D eigenvalue weighted by Crippen LogP contribution is -2.53. The van der Waals surface area contributed by atoms with Gasteiger partial charge in [-0.2, -0.15) is 0 Å². The van der Waals surface area contributed by atoms with Crippen molar-refractivity contribution in [1.29, 1.82) is 0 Å². The minimum absolute atomic E-state index is 0.00831. The van der Waals surface area contributed by atoms with Gasteiger partial charge >= 0.3 is 0 Å². The molecule has 1 amide bonds. The van der Waals surface area contributed by atoms with Crippen LogP contribution in [-0.4, -0.2) is 84.1 Å². The molecule has 2 aliphatic carbocycles. The van der Waals surface area contributed by atoms with Crippen molar-refractivity contribution in [2.24, 2.45) is 17.8 Å². The second kappa shape index (κ2) is 12.0. The van der Waals surface area contributed by atoms with Gasteiger partial charge in [-0.3, -0.25) is 4.79 Å².